The molecule has 94 valence electrons. The molecule has 1 rings (SSSR count). The van der Waals surface area contributed by atoms with Crippen LogP contribution in [-0.4, -0.2) is 26.5 Å². The van der Waals surface area contributed by atoms with E-state index in [1.165, 1.54) is 0 Å². The monoisotopic (exact) mass is 299 g/mol. The fourth-order valence-corrected chi connectivity index (χ4v) is 1.72. The van der Waals surface area contributed by atoms with Crippen LogP contribution in [0.3, 0.4) is 0 Å². The number of carbonyl (C=O) groups is 1. The van der Waals surface area contributed by atoms with Crippen LogP contribution in [0.25, 0.3) is 0 Å². The number of nitrogens with zero attached hydrogens (tertiary/aromatic N) is 1. The quantitative estimate of drug-likeness (QED) is 0.894. The second-order valence-electron chi connectivity index (χ2n) is 4.18. The largest absolute Gasteiger partial charge is 0.376 e. The lowest BCUT2D eigenvalue weighted by atomic mass is 10.1. The van der Waals surface area contributed by atoms with Crippen molar-refractivity contribution in [3.63, 3.8) is 0 Å². The number of nitrogens with two attached hydrogens (primary N) is 1. The summed E-state index contributed by atoms with van der Waals surface area (Å²) in [5.41, 5.74) is 7.22. The van der Waals surface area contributed by atoms with Crippen molar-refractivity contribution in [3.8, 4) is 0 Å². The van der Waals surface area contributed by atoms with Crippen LogP contribution in [0.5, 0.6) is 0 Å². The van der Waals surface area contributed by atoms with E-state index in [1.807, 2.05) is 44.1 Å². The minimum absolute atomic E-state index is 0.0614. The maximum absolute atomic E-state index is 11.8. The fourth-order valence-electron chi connectivity index (χ4n) is 1.36. The number of nitrogens with one attached hydrogen (secondary N) is 1. The van der Waals surface area contributed by atoms with E-state index in [-0.39, 0.29) is 11.8 Å². The van der Waals surface area contributed by atoms with E-state index in [1.54, 1.807) is 0 Å². The van der Waals surface area contributed by atoms with Crippen molar-refractivity contribution in [1.82, 2.24) is 0 Å². The van der Waals surface area contributed by atoms with Crippen LogP contribution in [0.4, 0.5) is 11.4 Å². The van der Waals surface area contributed by atoms with Gasteiger partial charge in [0.1, 0.15) is 0 Å². The highest BCUT2D eigenvalue weighted by molar-refractivity contribution is 9.10. The first-order valence-electron chi connectivity index (χ1n) is 5.43. The van der Waals surface area contributed by atoms with Crippen molar-refractivity contribution in [3.05, 3.63) is 22.7 Å². The Morgan fingerprint density at radius 1 is 1.53 bits per heavy atom. The Kier molecular flexibility index (Phi) is 4.96. The van der Waals surface area contributed by atoms with Gasteiger partial charge in [-0.3, -0.25) is 4.79 Å². The van der Waals surface area contributed by atoms with E-state index in [0.29, 0.717) is 6.54 Å². The Labute approximate surface area is 110 Å². The molecular formula is C12H18BrN3O. The molecule has 4 nitrogen and oxygen atoms in total. The van der Waals surface area contributed by atoms with Gasteiger partial charge in [0.2, 0.25) is 5.91 Å². The predicted molar refractivity (Wildman–Crippen MR) is 75.3 cm³/mol. The Hall–Kier alpha value is -1.07. The predicted octanol–water partition coefficient (Wildman–Crippen LogP) is 2.05. The average molecular weight is 300 g/mol. The Bertz CT molecular complexity index is 407. The van der Waals surface area contributed by atoms with Gasteiger partial charge in [-0.05, 0) is 18.2 Å². The summed E-state index contributed by atoms with van der Waals surface area (Å²) in [6, 6.07) is 5.78. The molecule has 17 heavy (non-hydrogen) atoms. The third-order valence-corrected chi connectivity index (χ3v) is 2.99. The maximum Gasteiger partial charge on any atom is 0.228 e. The van der Waals surface area contributed by atoms with Crippen LogP contribution in [0.1, 0.15) is 6.92 Å². The zero-order valence-electron chi connectivity index (χ0n) is 10.3. The molecule has 5 heteroatoms. The SMILES string of the molecule is CC(CN)C(=O)Nc1cc(Br)ccc1N(C)C. The summed E-state index contributed by atoms with van der Waals surface area (Å²) in [6.07, 6.45) is 0. The third kappa shape index (κ3) is 3.71. The second kappa shape index (κ2) is 6.02. The summed E-state index contributed by atoms with van der Waals surface area (Å²) in [7, 11) is 3.87. The highest BCUT2D eigenvalue weighted by atomic mass is 79.9. The first-order valence-corrected chi connectivity index (χ1v) is 6.22. The lowest BCUT2D eigenvalue weighted by Gasteiger charge is -2.19. The summed E-state index contributed by atoms with van der Waals surface area (Å²) in [5.74, 6) is -0.252. The topological polar surface area (TPSA) is 58.4 Å². The van der Waals surface area contributed by atoms with Gasteiger partial charge in [-0.25, -0.2) is 0 Å². The molecule has 0 fully saturated rings. The lowest BCUT2D eigenvalue weighted by molar-refractivity contribution is -0.119. The molecule has 0 radical (unpaired) electrons. The van der Waals surface area contributed by atoms with Gasteiger partial charge in [-0.15, -0.1) is 0 Å². The molecule has 1 unspecified atom stereocenters. The number of rotatable bonds is 4. The summed E-state index contributed by atoms with van der Waals surface area (Å²) in [5, 5.41) is 2.89. The first kappa shape index (κ1) is 14.0. The van der Waals surface area contributed by atoms with Gasteiger partial charge in [-0.1, -0.05) is 22.9 Å². The average Bonchev–Trinajstić information content (AvgIpc) is 2.27. The molecule has 1 atom stereocenters. The number of amides is 1. The van der Waals surface area contributed by atoms with E-state index in [0.717, 1.165) is 15.8 Å². The Morgan fingerprint density at radius 2 is 2.18 bits per heavy atom. The van der Waals surface area contributed by atoms with Crippen molar-refractivity contribution < 1.29 is 4.79 Å². The lowest BCUT2D eigenvalue weighted by Crippen LogP contribution is -2.27. The summed E-state index contributed by atoms with van der Waals surface area (Å²) < 4.78 is 0.929. The second-order valence-corrected chi connectivity index (χ2v) is 5.10. The van der Waals surface area contributed by atoms with Crippen LogP contribution >= 0.6 is 15.9 Å². The molecule has 0 saturated carbocycles. The molecule has 1 aromatic carbocycles. The van der Waals surface area contributed by atoms with E-state index in [4.69, 9.17) is 5.73 Å². The van der Waals surface area contributed by atoms with Gasteiger partial charge in [0, 0.05) is 31.0 Å². The van der Waals surface area contributed by atoms with Crippen molar-refractivity contribution in [2.75, 3.05) is 30.9 Å². The highest BCUT2D eigenvalue weighted by Gasteiger charge is 2.13. The van der Waals surface area contributed by atoms with Crippen LogP contribution in [0.15, 0.2) is 22.7 Å². The number of hydrogen-bond donors (Lipinski definition) is 2. The van der Waals surface area contributed by atoms with Gasteiger partial charge < -0.3 is 16.0 Å². The van der Waals surface area contributed by atoms with Gasteiger partial charge >= 0.3 is 0 Å². The maximum atomic E-state index is 11.8. The van der Waals surface area contributed by atoms with Crippen LogP contribution in [-0.2, 0) is 4.79 Å². The molecule has 0 heterocycles. The van der Waals surface area contributed by atoms with Gasteiger partial charge in [0.05, 0.1) is 11.4 Å². The van der Waals surface area contributed by atoms with E-state index < -0.39 is 0 Å². The first-order chi connectivity index (χ1) is 7.95. The molecule has 0 bridgehead atoms. The molecule has 0 aliphatic heterocycles. The normalized spacial score (nSPS) is 12.1. The third-order valence-electron chi connectivity index (χ3n) is 2.50. The molecule has 0 aliphatic rings. The van der Waals surface area contributed by atoms with Crippen molar-refractivity contribution in [2.45, 2.75) is 6.92 Å². The Balaban J connectivity index is 2.96. The molecule has 0 aromatic heterocycles. The van der Waals surface area contributed by atoms with E-state index >= 15 is 0 Å². The minimum atomic E-state index is -0.191. The molecular weight excluding hydrogens is 282 g/mol. The molecule has 0 spiro atoms. The van der Waals surface area contributed by atoms with Crippen LogP contribution in [0.2, 0.25) is 0 Å². The van der Waals surface area contributed by atoms with Gasteiger partial charge in [0.15, 0.2) is 0 Å². The van der Waals surface area contributed by atoms with Crippen LogP contribution in [0, 0.1) is 5.92 Å². The molecule has 1 aromatic rings. The smallest absolute Gasteiger partial charge is 0.228 e. The molecule has 0 aliphatic carbocycles. The minimum Gasteiger partial charge on any atom is -0.376 e. The number of hydrogen-bond acceptors (Lipinski definition) is 3. The van der Waals surface area contributed by atoms with Gasteiger partial charge in [0.25, 0.3) is 0 Å². The number of halogens is 1. The van der Waals surface area contributed by atoms with Crippen molar-refractivity contribution in [1.29, 1.82) is 0 Å². The Morgan fingerprint density at radius 3 is 2.71 bits per heavy atom. The van der Waals surface area contributed by atoms with Gasteiger partial charge in [-0.2, -0.15) is 0 Å². The van der Waals surface area contributed by atoms with E-state index in [9.17, 15) is 4.79 Å². The van der Waals surface area contributed by atoms with Crippen molar-refractivity contribution >= 4 is 33.2 Å². The zero-order chi connectivity index (χ0) is 13.0. The molecule has 0 saturated heterocycles. The molecule has 3 N–H and O–H groups in total. The summed E-state index contributed by atoms with van der Waals surface area (Å²) in [6.45, 7) is 2.15. The zero-order valence-corrected chi connectivity index (χ0v) is 11.9. The summed E-state index contributed by atoms with van der Waals surface area (Å²) >= 11 is 3.39. The van der Waals surface area contributed by atoms with E-state index in [2.05, 4.69) is 21.2 Å². The number of benzene rings is 1. The number of carbonyl (C=O) groups excluding carboxylic acids is 1. The standard InChI is InChI=1S/C12H18BrN3O/c1-8(7-14)12(17)15-10-6-9(13)4-5-11(10)16(2)3/h4-6,8H,7,14H2,1-3H3,(H,15,17). The summed E-state index contributed by atoms with van der Waals surface area (Å²) in [4.78, 5) is 13.8. The number of anilines is 2. The molecule has 1 amide bonds. The van der Waals surface area contributed by atoms with Crippen molar-refractivity contribution in [2.24, 2.45) is 11.7 Å². The highest BCUT2D eigenvalue weighted by Crippen LogP contribution is 2.28. The fraction of sp³-hybridized carbons (Fsp3) is 0.417. The van der Waals surface area contributed by atoms with Crippen LogP contribution < -0.4 is 16.0 Å².